The number of nitrogens with zero attached hydrogens (tertiary/aromatic N) is 1. The van der Waals surface area contributed by atoms with Crippen molar-refractivity contribution < 1.29 is 17.5 Å². The number of benzene rings is 1. The Morgan fingerprint density at radius 2 is 2.10 bits per heavy atom. The Kier molecular flexibility index (Phi) is 6.07. The number of likely N-dealkylation sites (N-methyl/N-ethyl adjacent to an activating group) is 1. The van der Waals surface area contributed by atoms with Crippen molar-refractivity contribution in [2.75, 3.05) is 27.8 Å². The number of ether oxygens (including phenoxy) is 1. The van der Waals surface area contributed by atoms with Crippen molar-refractivity contribution in [3.05, 3.63) is 29.6 Å². The molecule has 0 aliphatic heterocycles. The lowest BCUT2D eigenvalue weighted by atomic mass is 10.2. The third-order valence-corrected chi connectivity index (χ3v) is 5.14. The average molecular weight is 304 g/mol. The van der Waals surface area contributed by atoms with Gasteiger partial charge in [-0.3, -0.25) is 0 Å². The summed E-state index contributed by atoms with van der Waals surface area (Å²) in [5, 5.41) is 2.88. The predicted octanol–water partition coefficient (Wildman–Crippen LogP) is 1.20. The lowest BCUT2D eigenvalue weighted by Crippen LogP contribution is -2.38. The van der Waals surface area contributed by atoms with Gasteiger partial charge in [0.1, 0.15) is 5.82 Å². The fraction of sp³-hybridized carbons (Fsp3) is 0.538. The zero-order valence-electron chi connectivity index (χ0n) is 12.2. The smallest absolute Gasteiger partial charge is 0.243 e. The van der Waals surface area contributed by atoms with E-state index in [-0.39, 0.29) is 17.5 Å². The third-order valence-electron chi connectivity index (χ3n) is 3.08. The van der Waals surface area contributed by atoms with Gasteiger partial charge in [-0.15, -0.1) is 0 Å². The first-order valence-corrected chi connectivity index (χ1v) is 7.68. The van der Waals surface area contributed by atoms with Crippen LogP contribution in [-0.2, 0) is 21.3 Å². The highest BCUT2D eigenvalue weighted by Crippen LogP contribution is 2.22. The van der Waals surface area contributed by atoms with Gasteiger partial charge in [-0.25, -0.2) is 12.8 Å². The molecule has 0 heterocycles. The summed E-state index contributed by atoms with van der Waals surface area (Å²) in [5.74, 6) is -0.573. The van der Waals surface area contributed by atoms with Crippen LogP contribution in [0.5, 0.6) is 0 Å². The van der Waals surface area contributed by atoms with E-state index in [2.05, 4.69) is 5.32 Å². The zero-order valence-corrected chi connectivity index (χ0v) is 13.0. The quantitative estimate of drug-likeness (QED) is 0.822. The first kappa shape index (κ1) is 17.0. The lowest BCUT2D eigenvalue weighted by Gasteiger charge is -2.24. The summed E-state index contributed by atoms with van der Waals surface area (Å²) in [4.78, 5) is -0.0164. The lowest BCUT2D eigenvalue weighted by molar-refractivity contribution is 0.149. The Morgan fingerprint density at radius 3 is 2.65 bits per heavy atom. The molecule has 1 unspecified atom stereocenters. The maximum atomic E-state index is 13.4. The molecule has 0 aliphatic carbocycles. The summed E-state index contributed by atoms with van der Waals surface area (Å²) in [5.41, 5.74) is 0.533. The Labute approximate surface area is 119 Å². The normalized spacial score (nSPS) is 13.7. The molecule has 1 atom stereocenters. The van der Waals surface area contributed by atoms with Gasteiger partial charge in [0.05, 0.1) is 11.5 Å². The summed E-state index contributed by atoms with van der Waals surface area (Å²) in [6.07, 6.45) is 0. The molecule has 0 amide bonds. The second-order valence-electron chi connectivity index (χ2n) is 4.61. The Hall–Kier alpha value is -1.02. The van der Waals surface area contributed by atoms with E-state index >= 15 is 0 Å². The van der Waals surface area contributed by atoms with E-state index in [1.807, 2.05) is 0 Å². The molecular weight excluding hydrogens is 283 g/mol. The minimum Gasteiger partial charge on any atom is -0.383 e. The first-order chi connectivity index (χ1) is 9.34. The van der Waals surface area contributed by atoms with Gasteiger partial charge in [0.15, 0.2) is 0 Å². The van der Waals surface area contributed by atoms with Crippen molar-refractivity contribution in [3.8, 4) is 0 Å². The molecule has 0 saturated carbocycles. The highest BCUT2D eigenvalue weighted by molar-refractivity contribution is 7.89. The van der Waals surface area contributed by atoms with Crippen LogP contribution in [-0.4, -0.2) is 46.6 Å². The molecule has 1 aromatic carbocycles. The largest absolute Gasteiger partial charge is 0.383 e. The van der Waals surface area contributed by atoms with Crippen LogP contribution >= 0.6 is 0 Å². The van der Waals surface area contributed by atoms with E-state index in [0.29, 0.717) is 12.1 Å². The van der Waals surface area contributed by atoms with Gasteiger partial charge in [0.25, 0.3) is 0 Å². The van der Waals surface area contributed by atoms with E-state index in [0.717, 1.165) is 6.07 Å². The van der Waals surface area contributed by atoms with Gasteiger partial charge >= 0.3 is 0 Å². The predicted molar refractivity (Wildman–Crippen MR) is 75.5 cm³/mol. The molecular formula is C13H21FN2O3S. The molecule has 0 spiro atoms. The summed E-state index contributed by atoms with van der Waals surface area (Å²) < 4.78 is 44.7. The van der Waals surface area contributed by atoms with Crippen LogP contribution in [0.4, 0.5) is 4.39 Å². The van der Waals surface area contributed by atoms with Crippen LogP contribution in [0.1, 0.15) is 12.5 Å². The van der Waals surface area contributed by atoms with E-state index in [1.165, 1.54) is 30.6 Å². The summed E-state index contributed by atoms with van der Waals surface area (Å²) >= 11 is 0. The molecule has 0 radical (unpaired) electrons. The van der Waals surface area contributed by atoms with Crippen molar-refractivity contribution in [2.45, 2.75) is 24.4 Å². The van der Waals surface area contributed by atoms with Crippen molar-refractivity contribution in [1.29, 1.82) is 0 Å². The standard InChI is InChI=1S/C13H21FN2O3S/c1-10(9-19-4)16(3)20(17,18)13-7-12(14)6-5-11(13)8-15-2/h5-7,10,15H,8-9H2,1-4H3. The van der Waals surface area contributed by atoms with Gasteiger partial charge in [0, 0.05) is 26.7 Å². The molecule has 5 nitrogen and oxygen atoms in total. The Morgan fingerprint density at radius 1 is 1.45 bits per heavy atom. The third kappa shape index (κ3) is 3.76. The fourth-order valence-corrected chi connectivity index (χ4v) is 3.42. The summed E-state index contributed by atoms with van der Waals surface area (Å²) in [6.45, 7) is 2.35. The van der Waals surface area contributed by atoms with Crippen molar-refractivity contribution in [3.63, 3.8) is 0 Å². The first-order valence-electron chi connectivity index (χ1n) is 6.24. The number of halogens is 1. The summed E-state index contributed by atoms with van der Waals surface area (Å²) in [6, 6.07) is 3.45. The Bertz CT molecular complexity index is 549. The average Bonchev–Trinajstić information content (AvgIpc) is 2.40. The van der Waals surface area contributed by atoms with Gasteiger partial charge in [-0.2, -0.15) is 4.31 Å². The van der Waals surface area contributed by atoms with E-state index in [9.17, 15) is 12.8 Å². The summed E-state index contributed by atoms with van der Waals surface area (Å²) in [7, 11) is 0.914. The van der Waals surface area contributed by atoms with Crippen LogP contribution in [0.25, 0.3) is 0 Å². The maximum Gasteiger partial charge on any atom is 0.243 e. The molecule has 7 heteroatoms. The maximum absolute atomic E-state index is 13.4. The number of nitrogens with one attached hydrogen (secondary N) is 1. The SMILES string of the molecule is CNCc1ccc(F)cc1S(=O)(=O)N(C)C(C)COC. The monoisotopic (exact) mass is 304 g/mol. The molecule has 1 aromatic rings. The highest BCUT2D eigenvalue weighted by atomic mass is 32.2. The van der Waals surface area contributed by atoms with Gasteiger partial charge in [0.2, 0.25) is 10.0 Å². The van der Waals surface area contributed by atoms with E-state index in [4.69, 9.17) is 4.74 Å². The zero-order chi connectivity index (χ0) is 15.3. The second kappa shape index (κ2) is 7.12. The van der Waals surface area contributed by atoms with Crippen molar-refractivity contribution in [2.24, 2.45) is 0 Å². The molecule has 0 saturated heterocycles. The topological polar surface area (TPSA) is 58.6 Å². The molecule has 20 heavy (non-hydrogen) atoms. The molecule has 1 N–H and O–H groups in total. The minimum atomic E-state index is -3.76. The van der Waals surface area contributed by atoms with Crippen LogP contribution < -0.4 is 5.32 Å². The highest BCUT2D eigenvalue weighted by Gasteiger charge is 2.27. The number of hydrogen-bond donors (Lipinski definition) is 1. The molecule has 0 bridgehead atoms. The molecule has 114 valence electrons. The van der Waals surface area contributed by atoms with Crippen LogP contribution in [0.3, 0.4) is 0 Å². The molecule has 0 aliphatic rings. The molecule has 1 rings (SSSR count). The second-order valence-corrected chi connectivity index (χ2v) is 6.57. The van der Waals surface area contributed by atoms with Gasteiger partial charge in [-0.1, -0.05) is 6.07 Å². The van der Waals surface area contributed by atoms with Crippen molar-refractivity contribution >= 4 is 10.0 Å². The molecule has 0 aromatic heterocycles. The minimum absolute atomic E-state index is 0.0164. The van der Waals surface area contributed by atoms with E-state index in [1.54, 1.807) is 14.0 Å². The number of rotatable bonds is 7. The van der Waals surface area contributed by atoms with Crippen LogP contribution in [0.15, 0.2) is 23.1 Å². The number of sulfonamides is 1. The molecule has 0 fully saturated rings. The van der Waals surface area contributed by atoms with Gasteiger partial charge in [-0.05, 0) is 31.7 Å². The number of hydrogen-bond acceptors (Lipinski definition) is 4. The van der Waals surface area contributed by atoms with E-state index < -0.39 is 15.8 Å². The van der Waals surface area contributed by atoms with Crippen molar-refractivity contribution in [1.82, 2.24) is 9.62 Å². The fourth-order valence-electron chi connectivity index (χ4n) is 1.84. The number of methoxy groups -OCH3 is 1. The Balaban J connectivity index is 3.23. The van der Waals surface area contributed by atoms with Crippen LogP contribution in [0, 0.1) is 5.82 Å². The van der Waals surface area contributed by atoms with Gasteiger partial charge < -0.3 is 10.1 Å². The van der Waals surface area contributed by atoms with Crippen LogP contribution in [0.2, 0.25) is 0 Å².